The van der Waals surface area contributed by atoms with E-state index >= 15 is 0 Å². The van der Waals surface area contributed by atoms with Crippen molar-refractivity contribution >= 4 is 11.6 Å². The van der Waals surface area contributed by atoms with Crippen molar-refractivity contribution in [2.45, 2.75) is 26.3 Å². The molecule has 0 unspecified atom stereocenters. The van der Waals surface area contributed by atoms with Crippen molar-refractivity contribution in [1.29, 1.82) is 0 Å². The highest BCUT2D eigenvalue weighted by Gasteiger charge is 2.16. The van der Waals surface area contributed by atoms with Gasteiger partial charge in [0.05, 0.1) is 17.3 Å². The highest BCUT2D eigenvalue weighted by molar-refractivity contribution is 6.03. The minimum absolute atomic E-state index is 0.152. The van der Waals surface area contributed by atoms with Gasteiger partial charge in [-0.3, -0.25) is 9.48 Å². The lowest BCUT2D eigenvalue weighted by Crippen LogP contribution is -2.22. The summed E-state index contributed by atoms with van der Waals surface area (Å²) in [6, 6.07) is 7.17. The quantitative estimate of drug-likeness (QED) is 0.887. The van der Waals surface area contributed by atoms with Crippen molar-refractivity contribution in [2.75, 3.05) is 18.5 Å². The summed E-state index contributed by atoms with van der Waals surface area (Å²) in [6.45, 7) is 7.03. The van der Waals surface area contributed by atoms with Gasteiger partial charge >= 0.3 is 0 Å². The normalized spacial score (nSPS) is 11.3. The van der Waals surface area contributed by atoms with Gasteiger partial charge in [-0.15, -0.1) is 0 Å². The SMILES string of the molecule is CC(C)(C)n1cc(C(=O)Nc2ccc(OCCN)cc2)cn1. The first-order chi connectivity index (χ1) is 10.4. The fourth-order valence-electron chi connectivity index (χ4n) is 1.82. The van der Waals surface area contributed by atoms with Crippen LogP contribution in [0.2, 0.25) is 0 Å². The molecule has 2 aromatic rings. The van der Waals surface area contributed by atoms with Gasteiger partial charge in [0.25, 0.3) is 5.91 Å². The van der Waals surface area contributed by atoms with Gasteiger partial charge in [0.2, 0.25) is 0 Å². The standard InChI is InChI=1S/C16H22N4O2/c1-16(2,3)20-11-12(10-18-20)15(21)19-13-4-6-14(7-5-13)22-9-8-17/h4-7,10-11H,8-9,17H2,1-3H3,(H,19,21). The maximum absolute atomic E-state index is 12.2. The van der Waals surface area contributed by atoms with Gasteiger partial charge in [0.1, 0.15) is 12.4 Å². The predicted molar refractivity (Wildman–Crippen MR) is 86.2 cm³/mol. The topological polar surface area (TPSA) is 82.2 Å². The van der Waals surface area contributed by atoms with Crippen molar-refractivity contribution < 1.29 is 9.53 Å². The van der Waals surface area contributed by atoms with Crippen LogP contribution in [0, 0.1) is 0 Å². The first-order valence-electron chi connectivity index (χ1n) is 7.19. The van der Waals surface area contributed by atoms with Crippen LogP contribution >= 0.6 is 0 Å². The van der Waals surface area contributed by atoms with E-state index in [0.29, 0.717) is 24.4 Å². The summed E-state index contributed by atoms with van der Waals surface area (Å²) in [5.41, 5.74) is 6.46. The molecule has 0 bridgehead atoms. The summed E-state index contributed by atoms with van der Waals surface area (Å²) < 4.78 is 7.16. The van der Waals surface area contributed by atoms with E-state index in [2.05, 4.69) is 10.4 Å². The molecule has 0 aliphatic rings. The zero-order valence-electron chi connectivity index (χ0n) is 13.2. The van der Waals surface area contributed by atoms with E-state index in [1.165, 1.54) is 0 Å². The maximum Gasteiger partial charge on any atom is 0.258 e. The summed E-state index contributed by atoms with van der Waals surface area (Å²) in [5.74, 6) is 0.537. The van der Waals surface area contributed by atoms with E-state index in [1.54, 1.807) is 41.3 Å². The van der Waals surface area contributed by atoms with E-state index in [9.17, 15) is 4.79 Å². The summed E-state index contributed by atoms with van der Waals surface area (Å²) in [6.07, 6.45) is 3.31. The van der Waals surface area contributed by atoms with E-state index in [-0.39, 0.29) is 11.4 Å². The Kier molecular flexibility index (Phi) is 4.82. The van der Waals surface area contributed by atoms with Crippen LogP contribution in [0.4, 0.5) is 5.69 Å². The molecule has 0 fully saturated rings. The molecule has 0 aliphatic heterocycles. The Morgan fingerprint density at radius 3 is 2.55 bits per heavy atom. The number of carbonyl (C=O) groups excluding carboxylic acids is 1. The fraction of sp³-hybridized carbons (Fsp3) is 0.375. The average molecular weight is 302 g/mol. The second-order valence-corrected chi connectivity index (χ2v) is 5.96. The van der Waals surface area contributed by atoms with E-state index in [0.717, 1.165) is 5.75 Å². The smallest absolute Gasteiger partial charge is 0.258 e. The van der Waals surface area contributed by atoms with E-state index in [4.69, 9.17) is 10.5 Å². The molecule has 0 aliphatic carbocycles. The number of benzene rings is 1. The van der Waals surface area contributed by atoms with E-state index < -0.39 is 0 Å². The number of ether oxygens (including phenoxy) is 1. The molecule has 0 spiro atoms. The first kappa shape index (κ1) is 16.0. The van der Waals surface area contributed by atoms with Gasteiger partial charge in [-0.05, 0) is 45.0 Å². The molecule has 6 heteroatoms. The highest BCUT2D eigenvalue weighted by atomic mass is 16.5. The number of nitrogens with two attached hydrogens (primary N) is 1. The monoisotopic (exact) mass is 302 g/mol. The van der Waals surface area contributed by atoms with Crippen LogP contribution in [0.3, 0.4) is 0 Å². The zero-order chi connectivity index (χ0) is 16.2. The number of aromatic nitrogens is 2. The molecule has 0 saturated carbocycles. The van der Waals surface area contributed by atoms with Crippen molar-refractivity contribution in [1.82, 2.24) is 9.78 Å². The minimum atomic E-state index is -0.189. The van der Waals surface area contributed by atoms with Crippen molar-refractivity contribution in [3.8, 4) is 5.75 Å². The molecule has 3 N–H and O–H groups in total. The zero-order valence-corrected chi connectivity index (χ0v) is 13.2. The number of hydrogen-bond acceptors (Lipinski definition) is 4. The molecule has 0 saturated heterocycles. The number of amides is 1. The fourth-order valence-corrected chi connectivity index (χ4v) is 1.82. The molecule has 0 atom stereocenters. The Hall–Kier alpha value is -2.34. The second kappa shape index (κ2) is 6.62. The number of rotatable bonds is 5. The van der Waals surface area contributed by atoms with Crippen LogP contribution in [-0.4, -0.2) is 28.8 Å². The van der Waals surface area contributed by atoms with Gasteiger partial charge in [0, 0.05) is 18.4 Å². The number of nitrogens with zero attached hydrogens (tertiary/aromatic N) is 2. The molecule has 1 amide bonds. The number of hydrogen-bond donors (Lipinski definition) is 2. The van der Waals surface area contributed by atoms with Gasteiger partial charge in [-0.25, -0.2) is 0 Å². The average Bonchev–Trinajstić information content (AvgIpc) is 2.96. The molecular weight excluding hydrogens is 280 g/mol. The summed E-state index contributed by atoms with van der Waals surface area (Å²) >= 11 is 0. The number of nitrogens with one attached hydrogen (secondary N) is 1. The lowest BCUT2D eigenvalue weighted by molar-refractivity contribution is 0.102. The van der Waals surface area contributed by atoms with Gasteiger partial charge in [-0.1, -0.05) is 0 Å². The van der Waals surface area contributed by atoms with Gasteiger partial charge in [0.15, 0.2) is 0 Å². The predicted octanol–water partition coefficient (Wildman–Crippen LogP) is 2.23. The molecule has 22 heavy (non-hydrogen) atoms. The third kappa shape index (κ3) is 4.08. The van der Waals surface area contributed by atoms with Crippen molar-refractivity contribution in [2.24, 2.45) is 5.73 Å². The second-order valence-electron chi connectivity index (χ2n) is 5.96. The maximum atomic E-state index is 12.2. The van der Waals surface area contributed by atoms with Gasteiger partial charge < -0.3 is 15.8 Å². The van der Waals surface area contributed by atoms with Crippen molar-refractivity contribution in [3.63, 3.8) is 0 Å². The Labute approximate surface area is 130 Å². The molecule has 1 heterocycles. The summed E-state index contributed by atoms with van der Waals surface area (Å²) in [5, 5.41) is 7.06. The first-order valence-corrected chi connectivity index (χ1v) is 7.19. The molecular formula is C16H22N4O2. The van der Waals surface area contributed by atoms with Crippen LogP contribution in [-0.2, 0) is 5.54 Å². The van der Waals surface area contributed by atoms with Crippen LogP contribution in [0.5, 0.6) is 5.75 Å². The molecule has 1 aromatic heterocycles. The minimum Gasteiger partial charge on any atom is -0.492 e. The van der Waals surface area contributed by atoms with Crippen LogP contribution in [0.25, 0.3) is 0 Å². The third-order valence-electron chi connectivity index (χ3n) is 3.03. The largest absolute Gasteiger partial charge is 0.492 e. The lowest BCUT2D eigenvalue weighted by Gasteiger charge is -2.18. The summed E-state index contributed by atoms with van der Waals surface area (Å²) in [7, 11) is 0. The van der Waals surface area contributed by atoms with Gasteiger partial charge in [-0.2, -0.15) is 5.10 Å². The Morgan fingerprint density at radius 2 is 2.00 bits per heavy atom. The Balaban J connectivity index is 2.01. The molecule has 0 radical (unpaired) electrons. The number of anilines is 1. The Morgan fingerprint density at radius 1 is 1.32 bits per heavy atom. The number of carbonyl (C=O) groups is 1. The van der Waals surface area contributed by atoms with Crippen LogP contribution in [0.15, 0.2) is 36.7 Å². The van der Waals surface area contributed by atoms with Crippen molar-refractivity contribution in [3.05, 3.63) is 42.2 Å². The molecule has 6 nitrogen and oxygen atoms in total. The van der Waals surface area contributed by atoms with Crippen LogP contribution < -0.4 is 15.8 Å². The molecule has 118 valence electrons. The molecule has 1 aromatic carbocycles. The lowest BCUT2D eigenvalue weighted by atomic mass is 10.1. The molecule has 2 rings (SSSR count). The third-order valence-corrected chi connectivity index (χ3v) is 3.03. The van der Waals surface area contributed by atoms with E-state index in [1.807, 2.05) is 20.8 Å². The van der Waals surface area contributed by atoms with Crippen LogP contribution in [0.1, 0.15) is 31.1 Å². The Bertz CT molecular complexity index is 626. The summed E-state index contributed by atoms with van der Waals surface area (Å²) in [4.78, 5) is 12.2. The highest BCUT2D eigenvalue weighted by Crippen LogP contribution is 2.17.